The van der Waals surface area contributed by atoms with Crippen LogP contribution in [0.2, 0.25) is 0 Å². The summed E-state index contributed by atoms with van der Waals surface area (Å²) in [5.41, 5.74) is 5.57. The van der Waals surface area contributed by atoms with Crippen molar-refractivity contribution in [3.8, 4) is 5.75 Å². The molecule has 1 aliphatic carbocycles. The van der Waals surface area contributed by atoms with Crippen molar-refractivity contribution in [1.82, 2.24) is 0 Å². The van der Waals surface area contributed by atoms with Crippen LogP contribution in [0.4, 0.5) is 0 Å². The number of rotatable bonds is 4. The Morgan fingerprint density at radius 2 is 2.31 bits per heavy atom. The predicted molar refractivity (Wildman–Crippen MR) is 59.5 cm³/mol. The minimum atomic E-state index is -1.10. The van der Waals surface area contributed by atoms with E-state index in [0.717, 1.165) is 11.3 Å². The molecule has 1 aromatic rings. The molecule has 3 N–H and O–H groups in total. The van der Waals surface area contributed by atoms with Gasteiger partial charge in [0, 0.05) is 5.92 Å². The zero-order valence-electron chi connectivity index (χ0n) is 9.14. The Morgan fingerprint density at radius 3 is 2.88 bits per heavy atom. The maximum absolute atomic E-state index is 11.0. The molecule has 0 spiro atoms. The maximum Gasteiger partial charge on any atom is 0.324 e. The van der Waals surface area contributed by atoms with Crippen molar-refractivity contribution in [3.63, 3.8) is 0 Å². The number of aliphatic carboxylic acids is 1. The normalized spacial score (nSPS) is 27.5. The van der Waals surface area contributed by atoms with Gasteiger partial charge in [-0.25, -0.2) is 0 Å². The molecule has 4 heteroatoms. The highest BCUT2D eigenvalue weighted by atomic mass is 16.5. The number of hydrogen-bond acceptors (Lipinski definition) is 3. The summed E-state index contributed by atoms with van der Waals surface area (Å²) >= 11 is 0. The van der Waals surface area contributed by atoms with Gasteiger partial charge in [0.05, 0.1) is 6.61 Å². The first-order chi connectivity index (χ1) is 7.59. The topological polar surface area (TPSA) is 72.5 Å². The van der Waals surface area contributed by atoms with Gasteiger partial charge in [-0.2, -0.15) is 0 Å². The molecular weight excluding hydrogens is 206 g/mol. The molecule has 1 fully saturated rings. The van der Waals surface area contributed by atoms with Crippen molar-refractivity contribution in [1.29, 1.82) is 0 Å². The second kappa shape index (κ2) is 3.79. The largest absolute Gasteiger partial charge is 0.494 e. The Balaban J connectivity index is 2.26. The van der Waals surface area contributed by atoms with Crippen LogP contribution < -0.4 is 10.5 Å². The maximum atomic E-state index is 11.0. The molecule has 16 heavy (non-hydrogen) atoms. The molecule has 4 nitrogen and oxygen atoms in total. The summed E-state index contributed by atoms with van der Waals surface area (Å²) in [6.45, 7) is 2.46. The number of benzene rings is 1. The molecule has 2 atom stereocenters. The molecule has 0 amide bonds. The molecule has 0 saturated heterocycles. The third-order valence-electron chi connectivity index (χ3n) is 3.00. The fraction of sp³-hybridized carbons (Fsp3) is 0.417. The molecule has 86 valence electrons. The highest BCUT2D eigenvalue weighted by molar-refractivity contribution is 5.85. The van der Waals surface area contributed by atoms with E-state index in [1.165, 1.54) is 0 Å². The van der Waals surface area contributed by atoms with Crippen LogP contribution in [-0.2, 0) is 4.79 Å². The molecular formula is C12H15NO3. The van der Waals surface area contributed by atoms with Crippen molar-refractivity contribution in [2.24, 2.45) is 5.73 Å². The van der Waals surface area contributed by atoms with Crippen LogP contribution in [0.1, 0.15) is 24.8 Å². The Morgan fingerprint density at radius 1 is 1.62 bits per heavy atom. The molecule has 0 radical (unpaired) electrons. The monoisotopic (exact) mass is 221 g/mol. The second-order valence-electron chi connectivity index (χ2n) is 4.07. The van der Waals surface area contributed by atoms with Crippen LogP contribution in [0.5, 0.6) is 5.75 Å². The molecule has 0 bridgehead atoms. The van der Waals surface area contributed by atoms with Gasteiger partial charge in [0.15, 0.2) is 0 Å². The Kier molecular flexibility index (Phi) is 2.59. The van der Waals surface area contributed by atoms with Gasteiger partial charge in [0.2, 0.25) is 0 Å². The van der Waals surface area contributed by atoms with Crippen LogP contribution >= 0.6 is 0 Å². The van der Waals surface area contributed by atoms with E-state index in [-0.39, 0.29) is 5.92 Å². The van der Waals surface area contributed by atoms with Crippen molar-refractivity contribution in [3.05, 3.63) is 29.8 Å². The first kappa shape index (κ1) is 11.0. The summed E-state index contributed by atoms with van der Waals surface area (Å²) in [5.74, 6) is -0.333. The van der Waals surface area contributed by atoms with Crippen LogP contribution in [0, 0.1) is 0 Å². The first-order valence-corrected chi connectivity index (χ1v) is 5.33. The van der Waals surface area contributed by atoms with E-state index < -0.39 is 11.5 Å². The minimum Gasteiger partial charge on any atom is -0.494 e. The average molecular weight is 221 g/mol. The van der Waals surface area contributed by atoms with Gasteiger partial charge in [0.1, 0.15) is 11.3 Å². The van der Waals surface area contributed by atoms with Gasteiger partial charge in [-0.05, 0) is 25.0 Å². The zero-order chi connectivity index (χ0) is 11.8. The van der Waals surface area contributed by atoms with Gasteiger partial charge in [0.25, 0.3) is 0 Å². The molecule has 0 aromatic heterocycles. The zero-order valence-corrected chi connectivity index (χ0v) is 9.14. The van der Waals surface area contributed by atoms with E-state index >= 15 is 0 Å². The summed E-state index contributed by atoms with van der Waals surface area (Å²) in [4.78, 5) is 11.0. The molecule has 2 unspecified atom stereocenters. The van der Waals surface area contributed by atoms with Crippen molar-refractivity contribution >= 4 is 5.97 Å². The highest BCUT2D eigenvalue weighted by Gasteiger charge is 2.59. The third kappa shape index (κ3) is 1.65. The van der Waals surface area contributed by atoms with E-state index in [0.29, 0.717) is 13.0 Å². The van der Waals surface area contributed by atoms with Gasteiger partial charge in [-0.1, -0.05) is 18.2 Å². The lowest BCUT2D eigenvalue weighted by atomic mass is 10.1. The lowest BCUT2D eigenvalue weighted by Crippen LogP contribution is -2.34. The summed E-state index contributed by atoms with van der Waals surface area (Å²) in [5, 5.41) is 9.00. The van der Waals surface area contributed by atoms with Crippen molar-refractivity contribution < 1.29 is 14.6 Å². The number of ether oxygens (including phenoxy) is 1. The number of carbonyl (C=O) groups is 1. The van der Waals surface area contributed by atoms with Gasteiger partial charge in [-0.15, -0.1) is 0 Å². The van der Waals surface area contributed by atoms with Gasteiger partial charge >= 0.3 is 5.97 Å². The fourth-order valence-electron chi connectivity index (χ4n) is 1.96. The van der Waals surface area contributed by atoms with Crippen LogP contribution in [-0.4, -0.2) is 23.2 Å². The highest BCUT2D eigenvalue weighted by Crippen LogP contribution is 2.52. The van der Waals surface area contributed by atoms with E-state index in [2.05, 4.69) is 0 Å². The number of carboxylic acids is 1. The van der Waals surface area contributed by atoms with Crippen LogP contribution in [0.3, 0.4) is 0 Å². The van der Waals surface area contributed by atoms with Crippen molar-refractivity contribution in [2.75, 3.05) is 6.61 Å². The summed E-state index contributed by atoms with van der Waals surface area (Å²) in [6.07, 6.45) is 0.479. The Bertz CT molecular complexity index is 418. The molecule has 1 aliphatic rings. The summed E-state index contributed by atoms with van der Waals surface area (Å²) in [6, 6.07) is 7.47. The van der Waals surface area contributed by atoms with E-state index in [9.17, 15) is 4.79 Å². The third-order valence-corrected chi connectivity index (χ3v) is 3.00. The van der Waals surface area contributed by atoms with Crippen molar-refractivity contribution in [2.45, 2.75) is 24.8 Å². The van der Waals surface area contributed by atoms with E-state index in [1.807, 2.05) is 31.2 Å². The van der Waals surface area contributed by atoms with Crippen LogP contribution in [0.25, 0.3) is 0 Å². The summed E-state index contributed by atoms with van der Waals surface area (Å²) in [7, 11) is 0. The molecule has 2 rings (SSSR count). The lowest BCUT2D eigenvalue weighted by molar-refractivity contribution is -0.139. The van der Waals surface area contributed by atoms with E-state index in [1.54, 1.807) is 0 Å². The number of carboxylic acid groups (broad SMARTS) is 1. The molecule has 1 aromatic carbocycles. The molecule has 0 heterocycles. The lowest BCUT2D eigenvalue weighted by Gasteiger charge is -2.11. The smallest absolute Gasteiger partial charge is 0.324 e. The van der Waals surface area contributed by atoms with Crippen LogP contribution in [0.15, 0.2) is 24.3 Å². The second-order valence-corrected chi connectivity index (χ2v) is 4.07. The minimum absolute atomic E-state index is 0.132. The molecule has 1 saturated carbocycles. The van der Waals surface area contributed by atoms with E-state index in [4.69, 9.17) is 15.6 Å². The first-order valence-electron chi connectivity index (χ1n) is 5.33. The predicted octanol–water partition coefficient (Wildman–Crippen LogP) is 1.35. The Labute approximate surface area is 94.0 Å². The fourth-order valence-corrected chi connectivity index (χ4v) is 1.96. The number of para-hydroxylation sites is 1. The summed E-state index contributed by atoms with van der Waals surface area (Å²) < 4.78 is 5.46. The quantitative estimate of drug-likeness (QED) is 0.805. The molecule has 0 aliphatic heterocycles. The number of hydrogen-bond donors (Lipinski definition) is 2. The average Bonchev–Trinajstić information content (AvgIpc) is 2.94. The number of nitrogens with two attached hydrogens (primary N) is 1. The SMILES string of the molecule is CCOc1ccccc1C1CC1(N)C(=O)O. The van der Waals surface area contributed by atoms with Gasteiger partial charge < -0.3 is 15.6 Å². The Hall–Kier alpha value is -1.55. The standard InChI is InChI=1S/C12H15NO3/c1-2-16-10-6-4-3-5-8(10)9-7-12(9,13)11(14)15/h3-6,9H,2,7,13H2,1H3,(H,14,15). The van der Waals surface area contributed by atoms with Gasteiger partial charge in [-0.3, -0.25) is 4.79 Å².